The van der Waals surface area contributed by atoms with Crippen molar-refractivity contribution >= 4 is 88.6 Å². The lowest BCUT2D eigenvalue weighted by Crippen LogP contribution is -2.64. The molecule has 3 atom stereocenters. The molecule has 2 saturated heterocycles. The SMILES string of the molecule is CC[C@H](C)[C@H](NC(=O)[C@H](CC(C)C)NC(=O)C1(NC(=O)CCSCc2cc(CSCCNC(=O)CN3CCN(CC(=O)O)CCN(CC(=O)O)CCN(CC(=O)O)CC3)cc(CSCCC(N)=O)c2)CCOCC1)C(N)=O. The number of carbonyl (C=O) groups excluding carboxylic acids is 6. The molecule has 23 nitrogen and oxygen atoms in total. The molecule has 2 fully saturated rings. The van der Waals surface area contributed by atoms with Gasteiger partial charge in [-0.15, -0.1) is 0 Å². The third-order valence-electron chi connectivity index (χ3n) is 13.1. The number of primary amides is 2. The summed E-state index contributed by atoms with van der Waals surface area (Å²) in [5.41, 5.74) is 12.9. The van der Waals surface area contributed by atoms with Crippen molar-refractivity contribution in [3.05, 3.63) is 34.9 Å². The number of hydrogen-bond donors (Lipinski definition) is 9. The predicted molar refractivity (Wildman–Crippen MR) is 298 cm³/mol. The number of benzene rings is 1. The molecule has 0 unspecified atom stereocenters. The van der Waals surface area contributed by atoms with Crippen LogP contribution in [0.2, 0.25) is 0 Å². The van der Waals surface area contributed by atoms with Gasteiger partial charge in [0.05, 0.1) is 26.2 Å². The molecule has 434 valence electrons. The summed E-state index contributed by atoms with van der Waals surface area (Å²) in [7, 11) is 0. The molecular formula is C51H84N10O13S3. The van der Waals surface area contributed by atoms with E-state index in [-0.39, 0.29) is 121 Å². The zero-order valence-electron chi connectivity index (χ0n) is 45.2. The highest BCUT2D eigenvalue weighted by Crippen LogP contribution is 2.25. The van der Waals surface area contributed by atoms with E-state index in [1.807, 2.05) is 32.6 Å². The molecule has 2 aliphatic rings. The molecule has 26 heteroatoms. The second-order valence-electron chi connectivity index (χ2n) is 20.1. The van der Waals surface area contributed by atoms with Gasteiger partial charge in [-0.25, -0.2) is 0 Å². The first-order valence-electron chi connectivity index (χ1n) is 26.3. The number of thioether (sulfide) groups is 3. The number of nitrogens with two attached hydrogens (primary N) is 2. The van der Waals surface area contributed by atoms with Crippen molar-refractivity contribution < 1.29 is 63.2 Å². The van der Waals surface area contributed by atoms with Gasteiger partial charge in [0.1, 0.15) is 17.6 Å². The van der Waals surface area contributed by atoms with Crippen LogP contribution in [0.25, 0.3) is 0 Å². The van der Waals surface area contributed by atoms with Gasteiger partial charge in [0.15, 0.2) is 0 Å². The predicted octanol–water partition coefficient (Wildman–Crippen LogP) is 0.456. The zero-order chi connectivity index (χ0) is 56.9. The van der Waals surface area contributed by atoms with Crippen LogP contribution in [0, 0.1) is 11.8 Å². The van der Waals surface area contributed by atoms with E-state index in [1.54, 1.807) is 50.0 Å². The molecule has 0 radical (unpaired) electrons. The third-order valence-corrected chi connectivity index (χ3v) is 16.2. The van der Waals surface area contributed by atoms with E-state index in [0.717, 1.165) is 16.7 Å². The Labute approximate surface area is 465 Å². The van der Waals surface area contributed by atoms with Crippen LogP contribution in [-0.2, 0) is 65.1 Å². The number of aliphatic carboxylic acids is 3. The molecule has 2 heterocycles. The van der Waals surface area contributed by atoms with Crippen LogP contribution in [-0.4, -0.2) is 221 Å². The Kier molecular flexibility index (Phi) is 30.9. The average molecular weight is 1140 g/mol. The van der Waals surface area contributed by atoms with E-state index in [2.05, 4.69) is 39.5 Å². The van der Waals surface area contributed by atoms with Gasteiger partial charge < -0.3 is 52.8 Å². The Morgan fingerprint density at radius 3 is 1.49 bits per heavy atom. The highest BCUT2D eigenvalue weighted by molar-refractivity contribution is 7.99. The fourth-order valence-electron chi connectivity index (χ4n) is 8.74. The second-order valence-corrected chi connectivity index (χ2v) is 23.4. The van der Waals surface area contributed by atoms with Crippen molar-refractivity contribution in [2.45, 2.75) is 101 Å². The van der Waals surface area contributed by atoms with Crippen molar-refractivity contribution in [1.29, 1.82) is 0 Å². The Bertz CT molecular complexity index is 2070. The van der Waals surface area contributed by atoms with Crippen molar-refractivity contribution in [3.63, 3.8) is 0 Å². The summed E-state index contributed by atoms with van der Waals surface area (Å²) in [4.78, 5) is 120. The fourth-order valence-corrected chi connectivity index (χ4v) is 11.3. The Morgan fingerprint density at radius 1 is 0.636 bits per heavy atom. The van der Waals surface area contributed by atoms with Crippen LogP contribution in [0.15, 0.2) is 18.2 Å². The van der Waals surface area contributed by atoms with Crippen LogP contribution < -0.4 is 32.7 Å². The number of carboxylic acids is 3. The molecule has 0 bridgehead atoms. The monoisotopic (exact) mass is 1140 g/mol. The largest absolute Gasteiger partial charge is 0.480 e. The number of hydrogen-bond acceptors (Lipinski definition) is 17. The van der Waals surface area contributed by atoms with Gasteiger partial charge >= 0.3 is 17.9 Å². The lowest BCUT2D eigenvalue weighted by atomic mass is 9.87. The highest BCUT2D eigenvalue weighted by atomic mass is 32.2. The molecule has 0 saturated carbocycles. The van der Waals surface area contributed by atoms with Gasteiger partial charge in [0.25, 0.3) is 0 Å². The molecule has 2 aliphatic heterocycles. The molecular weight excluding hydrogens is 1060 g/mol. The van der Waals surface area contributed by atoms with Crippen LogP contribution in [0.4, 0.5) is 0 Å². The number of ether oxygens (including phenoxy) is 1. The van der Waals surface area contributed by atoms with Crippen LogP contribution in [0.5, 0.6) is 0 Å². The Morgan fingerprint density at radius 2 is 1.08 bits per heavy atom. The molecule has 1 aromatic carbocycles. The van der Waals surface area contributed by atoms with E-state index >= 15 is 0 Å². The lowest BCUT2D eigenvalue weighted by Gasteiger charge is -2.38. The van der Waals surface area contributed by atoms with Crippen LogP contribution in [0.1, 0.15) is 82.9 Å². The Balaban J connectivity index is 1.60. The van der Waals surface area contributed by atoms with Gasteiger partial charge in [-0.1, -0.05) is 52.3 Å². The number of amides is 6. The zero-order valence-corrected chi connectivity index (χ0v) is 47.7. The summed E-state index contributed by atoms with van der Waals surface area (Å²) in [5.74, 6) is -2.37. The topological polar surface area (TPSA) is 337 Å². The summed E-state index contributed by atoms with van der Waals surface area (Å²) >= 11 is 4.80. The number of rotatable bonds is 33. The van der Waals surface area contributed by atoms with Gasteiger partial charge in [0, 0.05) is 132 Å². The van der Waals surface area contributed by atoms with E-state index in [9.17, 15) is 58.5 Å². The molecule has 77 heavy (non-hydrogen) atoms. The number of nitrogens with one attached hydrogen (secondary N) is 4. The maximum atomic E-state index is 14.1. The number of carboxylic acid groups (broad SMARTS) is 3. The van der Waals surface area contributed by atoms with Crippen molar-refractivity contribution in [3.8, 4) is 0 Å². The molecule has 3 rings (SSSR count). The average Bonchev–Trinajstić information content (AvgIpc) is 3.35. The lowest BCUT2D eigenvalue weighted by molar-refractivity contribution is -0.140. The standard InChI is InChI=1S/C51H84N10O13S3/c1-5-36(4)47(48(53)71)56-49(72)40(24-35(2)3)55-50(73)51(8-19-74-20-9-51)57-42(63)7-22-76-33-38-25-37(32-75-21-6-41(52)62)26-39(27-38)34-77-23-10-54-43(64)28-58-11-13-59(29-44(65)66)15-17-61(31-46(69)70)18-16-60(14-12-58)30-45(67)68/h25-27,35-36,40,47H,5-24,28-34H2,1-4H3,(H2,52,62)(H2,53,71)(H,54,64)(H,55,73)(H,56,72)(H,57,63)(H,65,66)(H,67,68)(H,69,70)/t36-,40-,47-/m0/s1. The number of carbonyl (C=O) groups is 9. The summed E-state index contributed by atoms with van der Waals surface area (Å²) in [5, 5.41) is 40.1. The van der Waals surface area contributed by atoms with Crippen LogP contribution in [0.3, 0.4) is 0 Å². The summed E-state index contributed by atoms with van der Waals surface area (Å²) in [6.07, 6.45) is 1.72. The minimum atomic E-state index is -1.30. The summed E-state index contributed by atoms with van der Waals surface area (Å²) < 4.78 is 5.57. The molecule has 11 N–H and O–H groups in total. The third kappa shape index (κ3) is 27.2. The first-order valence-corrected chi connectivity index (χ1v) is 29.8. The van der Waals surface area contributed by atoms with E-state index < -0.39 is 53.3 Å². The maximum Gasteiger partial charge on any atom is 0.317 e. The van der Waals surface area contributed by atoms with Crippen molar-refractivity contribution in [2.75, 3.05) is 116 Å². The minimum absolute atomic E-state index is 0.0136. The van der Waals surface area contributed by atoms with E-state index in [4.69, 9.17) is 16.2 Å². The Hall–Kier alpha value is -4.70. The summed E-state index contributed by atoms with van der Waals surface area (Å²) in [6, 6.07) is 4.45. The van der Waals surface area contributed by atoms with Gasteiger partial charge in [0.2, 0.25) is 35.4 Å². The van der Waals surface area contributed by atoms with E-state index in [0.29, 0.717) is 80.1 Å². The first-order chi connectivity index (χ1) is 36.6. The second kappa shape index (κ2) is 35.7. The van der Waals surface area contributed by atoms with Gasteiger partial charge in [-0.05, 0) is 34.9 Å². The number of nitrogens with zero attached hydrogens (tertiary/aromatic N) is 4. The van der Waals surface area contributed by atoms with Gasteiger partial charge in [-0.2, -0.15) is 35.3 Å². The van der Waals surface area contributed by atoms with E-state index in [1.165, 1.54) is 0 Å². The highest BCUT2D eigenvalue weighted by Gasteiger charge is 2.43. The van der Waals surface area contributed by atoms with Gasteiger partial charge in [-0.3, -0.25) is 62.8 Å². The van der Waals surface area contributed by atoms with Crippen molar-refractivity contribution in [2.24, 2.45) is 23.3 Å². The summed E-state index contributed by atoms with van der Waals surface area (Å²) in [6.45, 7) is 10.0. The van der Waals surface area contributed by atoms with Crippen LogP contribution >= 0.6 is 35.3 Å². The maximum absolute atomic E-state index is 14.1. The quantitative estimate of drug-likeness (QED) is 0.0432. The molecule has 0 aromatic heterocycles. The molecule has 0 spiro atoms. The fraction of sp³-hybridized carbons (Fsp3) is 0.706. The molecule has 0 aliphatic carbocycles. The smallest absolute Gasteiger partial charge is 0.317 e. The normalized spacial score (nSPS) is 17.4. The van der Waals surface area contributed by atoms with Crippen molar-refractivity contribution in [1.82, 2.24) is 40.9 Å². The minimum Gasteiger partial charge on any atom is -0.480 e. The molecule has 1 aromatic rings. The first kappa shape index (κ1) is 66.6. The molecule has 6 amide bonds.